The monoisotopic (exact) mass is 269 g/mol. The molecule has 2 rings (SSSR count). The van der Waals surface area contributed by atoms with Gasteiger partial charge >= 0.3 is 0 Å². The maximum absolute atomic E-state index is 13.7. The van der Waals surface area contributed by atoms with Gasteiger partial charge in [0.25, 0.3) is 0 Å². The van der Waals surface area contributed by atoms with Crippen LogP contribution in [-0.2, 0) is 6.54 Å². The third-order valence-corrected chi connectivity index (χ3v) is 4.15. The second-order valence-electron chi connectivity index (χ2n) is 5.52. The van der Waals surface area contributed by atoms with Crippen molar-refractivity contribution in [2.45, 2.75) is 39.8 Å². The van der Waals surface area contributed by atoms with Crippen LogP contribution in [0.15, 0.2) is 12.1 Å². The highest BCUT2D eigenvalue weighted by atomic mass is 32.1. The number of benzene rings is 1. The molecule has 0 fully saturated rings. The molecule has 98 valence electrons. The van der Waals surface area contributed by atoms with E-state index in [9.17, 15) is 8.78 Å². The Bertz CT molecular complexity index is 581. The third-order valence-electron chi connectivity index (χ3n) is 2.84. The fraction of sp³-hybridized carbons (Fsp3) is 0.429. The first-order chi connectivity index (χ1) is 8.28. The Morgan fingerprint density at radius 1 is 1.22 bits per heavy atom. The Hall–Kier alpha value is -1.00. The van der Waals surface area contributed by atoms with Crippen LogP contribution in [0.3, 0.4) is 0 Å². The zero-order chi connectivity index (χ0) is 13.5. The molecule has 2 aromatic rings. The van der Waals surface area contributed by atoms with Crippen molar-refractivity contribution in [3.63, 3.8) is 0 Å². The highest BCUT2D eigenvalue weighted by Crippen LogP contribution is 2.33. The highest BCUT2D eigenvalue weighted by Gasteiger charge is 2.15. The molecule has 1 heterocycles. The zero-order valence-electron chi connectivity index (χ0n) is 11.0. The van der Waals surface area contributed by atoms with E-state index in [-0.39, 0.29) is 5.54 Å². The lowest BCUT2D eigenvalue weighted by Gasteiger charge is -2.20. The molecule has 1 nitrogen and oxygen atoms in total. The Kier molecular flexibility index (Phi) is 3.43. The van der Waals surface area contributed by atoms with E-state index in [2.05, 4.69) is 26.1 Å². The maximum atomic E-state index is 13.7. The van der Waals surface area contributed by atoms with E-state index < -0.39 is 11.6 Å². The topological polar surface area (TPSA) is 12.0 Å². The quantitative estimate of drug-likeness (QED) is 0.853. The van der Waals surface area contributed by atoms with Crippen molar-refractivity contribution in [1.82, 2.24) is 5.32 Å². The fourth-order valence-corrected chi connectivity index (χ4v) is 2.94. The van der Waals surface area contributed by atoms with Crippen molar-refractivity contribution in [3.8, 4) is 0 Å². The van der Waals surface area contributed by atoms with Crippen molar-refractivity contribution in [2.24, 2.45) is 0 Å². The molecule has 0 bridgehead atoms. The minimum Gasteiger partial charge on any atom is -0.307 e. The Morgan fingerprint density at radius 3 is 2.50 bits per heavy atom. The van der Waals surface area contributed by atoms with Gasteiger partial charge in [-0.1, -0.05) is 0 Å². The Balaban J connectivity index is 2.41. The summed E-state index contributed by atoms with van der Waals surface area (Å²) in [5, 5.41) is 4.05. The van der Waals surface area contributed by atoms with Gasteiger partial charge in [0.2, 0.25) is 0 Å². The van der Waals surface area contributed by atoms with Crippen LogP contribution in [0.4, 0.5) is 8.78 Å². The van der Waals surface area contributed by atoms with Crippen molar-refractivity contribution in [2.75, 3.05) is 0 Å². The van der Waals surface area contributed by atoms with Gasteiger partial charge in [-0.15, -0.1) is 11.3 Å². The molecule has 0 radical (unpaired) electrons. The number of fused-ring (bicyclic) bond motifs is 1. The summed E-state index contributed by atoms with van der Waals surface area (Å²) >= 11 is 1.40. The number of hydrogen-bond acceptors (Lipinski definition) is 2. The molecule has 1 N–H and O–H groups in total. The van der Waals surface area contributed by atoms with Crippen molar-refractivity contribution in [3.05, 3.63) is 34.2 Å². The molecule has 1 aromatic carbocycles. The van der Waals surface area contributed by atoms with Crippen molar-refractivity contribution < 1.29 is 8.78 Å². The Morgan fingerprint density at radius 2 is 1.89 bits per heavy atom. The fourth-order valence-electron chi connectivity index (χ4n) is 1.81. The minimum atomic E-state index is -0.517. The van der Waals surface area contributed by atoms with E-state index in [1.165, 1.54) is 17.4 Å². The van der Waals surface area contributed by atoms with E-state index in [0.29, 0.717) is 16.6 Å². The molecule has 0 aliphatic rings. The summed E-state index contributed by atoms with van der Waals surface area (Å²) in [6.07, 6.45) is 0. The lowest BCUT2D eigenvalue weighted by atomic mass is 10.1. The van der Waals surface area contributed by atoms with Crippen LogP contribution in [0.25, 0.3) is 10.1 Å². The average molecular weight is 269 g/mol. The number of rotatable bonds is 2. The van der Waals surface area contributed by atoms with Crippen LogP contribution >= 0.6 is 11.3 Å². The summed E-state index contributed by atoms with van der Waals surface area (Å²) in [7, 11) is 0. The van der Waals surface area contributed by atoms with E-state index in [1.807, 2.05) is 6.92 Å². The highest BCUT2D eigenvalue weighted by molar-refractivity contribution is 7.19. The van der Waals surface area contributed by atoms with Crippen LogP contribution in [0.5, 0.6) is 0 Å². The minimum absolute atomic E-state index is 0.00636. The lowest BCUT2D eigenvalue weighted by molar-refractivity contribution is 0.426. The summed E-state index contributed by atoms with van der Waals surface area (Å²) in [6.45, 7) is 8.83. The van der Waals surface area contributed by atoms with Crippen molar-refractivity contribution >= 4 is 21.4 Å². The number of thiophene rings is 1. The molecule has 0 aliphatic carbocycles. The Labute approximate surface area is 110 Å². The van der Waals surface area contributed by atoms with E-state index >= 15 is 0 Å². The smallest absolute Gasteiger partial charge is 0.143 e. The number of aryl methyl sites for hydroxylation is 1. The van der Waals surface area contributed by atoms with Crippen LogP contribution < -0.4 is 5.32 Å². The summed E-state index contributed by atoms with van der Waals surface area (Å²) in [6, 6.07) is 2.35. The third kappa shape index (κ3) is 2.70. The van der Waals surface area contributed by atoms with Gasteiger partial charge < -0.3 is 5.32 Å². The van der Waals surface area contributed by atoms with Crippen LogP contribution in [0.1, 0.15) is 31.2 Å². The molecule has 0 saturated heterocycles. The van der Waals surface area contributed by atoms with Crippen LogP contribution in [-0.4, -0.2) is 5.54 Å². The lowest BCUT2D eigenvalue weighted by Crippen LogP contribution is -2.34. The van der Waals surface area contributed by atoms with Gasteiger partial charge in [-0.3, -0.25) is 0 Å². The van der Waals surface area contributed by atoms with Gasteiger partial charge in [-0.2, -0.15) is 0 Å². The molecule has 0 saturated carbocycles. The normalized spacial score (nSPS) is 12.3. The van der Waals surface area contributed by atoms with Gasteiger partial charge in [0.15, 0.2) is 0 Å². The summed E-state index contributed by atoms with van der Waals surface area (Å²) < 4.78 is 27.4. The van der Waals surface area contributed by atoms with Gasteiger partial charge in [0, 0.05) is 28.4 Å². The standard InChI is InChI=1S/C14H17F2NS/c1-8-10-5-9(15)6-11(16)13(10)18-12(8)7-17-14(2,3)4/h5-6,17H,7H2,1-4H3. The average Bonchev–Trinajstić information content (AvgIpc) is 2.53. The van der Waals surface area contributed by atoms with E-state index in [1.54, 1.807) is 0 Å². The van der Waals surface area contributed by atoms with Gasteiger partial charge in [0.1, 0.15) is 11.6 Å². The predicted octanol–water partition coefficient (Wildman–Crippen LogP) is 4.38. The summed E-state index contributed by atoms with van der Waals surface area (Å²) in [5.74, 6) is -0.990. The van der Waals surface area contributed by atoms with E-state index in [4.69, 9.17) is 0 Å². The van der Waals surface area contributed by atoms with Crippen LogP contribution in [0, 0.1) is 18.6 Å². The largest absolute Gasteiger partial charge is 0.307 e. The van der Waals surface area contributed by atoms with Crippen molar-refractivity contribution in [1.29, 1.82) is 0 Å². The van der Waals surface area contributed by atoms with Gasteiger partial charge in [-0.05, 0) is 39.3 Å². The first-order valence-corrected chi connectivity index (χ1v) is 6.71. The molecular formula is C14H17F2NS. The molecule has 4 heteroatoms. The SMILES string of the molecule is Cc1c(CNC(C)(C)C)sc2c(F)cc(F)cc12. The van der Waals surface area contributed by atoms with E-state index in [0.717, 1.165) is 16.5 Å². The number of halogens is 2. The molecule has 18 heavy (non-hydrogen) atoms. The molecule has 0 amide bonds. The molecule has 0 atom stereocenters. The predicted molar refractivity (Wildman–Crippen MR) is 73.1 cm³/mol. The molecule has 0 aliphatic heterocycles. The van der Waals surface area contributed by atoms with Gasteiger partial charge in [-0.25, -0.2) is 8.78 Å². The molecule has 1 aromatic heterocycles. The first kappa shape index (κ1) is 13.4. The summed E-state index contributed by atoms with van der Waals surface area (Å²) in [5.41, 5.74) is 0.969. The van der Waals surface area contributed by atoms with Gasteiger partial charge in [0.05, 0.1) is 4.70 Å². The second-order valence-corrected chi connectivity index (χ2v) is 6.62. The maximum Gasteiger partial charge on any atom is 0.143 e. The first-order valence-electron chi connectivity index (χ1n) is 5.90. The summed E-state index contributed by atoms with van der Waals surface area (Å²) in [4.78, 5) is 1.06. The molecule has 0 unspecified atom stereocenters. The second kappa shape index (κ2) is 4.59. The zero-order valence-corrected chi connectivity index (χ0v) is 11.8. The van der Waals surface area contributed by atoms with Crippen LogP contribution in [0.2, 0.25) is 0 Å². The number of hydrogen-bond donors (Lipinski definition) is 1. The molecule has 0 spiro atoms. The number of nitrogens with one attached hydrogen (secondary N) is 1. The molecular weight excluding hydrogens is 252 g/mol.